The summed E-state index contributed by atoms with van der Waals surface area (Å²) in [5, 5.41) is 25.6. The van der Waals surface area contributed by atoms with Gasteiger partial charge in [0, 0.05) is 44.9 Å². The molecule has 0 heterocycles. The van der Waals surface area contributed by atoms with Gasteiger partial charge in [-0.1, -0.05) is 26.0 Å². The van der Waals surface area contributed by atoms with Gasteiger partial charge in [-0.15, -0.1) is 0 Å². The molecule has 0 spiro atoms. The van der Waals surface area contributed by atoms with Gasteiger partial charge in [0.05, 0.1) is 22.3 Å². The van der Waals surface area contributed by atoms with Crippen molar-refractivity contribution in [1.29, 1.82) is 0 Å². The minimum absolute atomic E-state index is 0.00464. The van der Waals surface area contributed by atoms with Crippen LogP contribution in [0.15, 0.2) is 36.4 Å². The highest BCUT2D eigenvalue weighted by atomic mass is 28.4. The normalized spacial score (nSPS) is 12.1. The minimum Gasteiger partial charge on any atom is -0.478 e. The molecule has 0 atom stereocenters. The number of carboxylic acids is 2. The standard InChI is InChI=1S/C35H54N2O10Si2/c1-9-44-48(7,45-10-2)21-13-19-36-31(38)27-17-15-26(24-30(27)34(42)43)35(5,6)25-16-18-28(33(40)41)29(23-25)32(39)37-20-14-22-49(8,46-11-3)47-12-4/h15-18,23-24H,9-14,19-22H2,1-8H3,(H,36,38)(H,37,39)(H,40,41)(H,42,43). The maximum atomic E-state index is 13.3. The number of carbonyl (C=O) groups excluding carboxylic acids is 2. The Bertz CT molecular complexity index is 1440. The molecular weight excluding hydrogens is 665 g/mol. The van der Waals surface area contributed by atoms with Crippen molar-refractivity contribution in [3.8, 4) is 0 Å². The smallest absolute Gasteiger partial charge is 0.336 e. The first kappa shape index (κ1) is 41.8. The van der Waals surface area contributed by atoms with E-state index in [1.165, 1.54) is 24.3 Å². The molecule has 0 aliphatic heterocycles. The van der Waals surface area contributed by atoms with Crippen LogP contribution in [0.3, 0.4) is 0 Å². The van der Waals surface area contributed by atoms with Crippen LogP contribution in [0.2, 0.25) is 25.2 Å². The van der Waals surface area contributed by atoms with Gasteiger partial charge in [-0.3, -0.25) is 9.59 Å². The van der Waals surface area contributed by atoms with E-state index in [-0.39, 0.29) is 22.3 Å². The topological polar surface area (TPSA) is 170 Å². The molecule has 0 fully saturated rings. The van der Waals surface area contributed by atoms with E-state index in [1.807, 2.05) is 54.6 Å². The van der Waals surface area contributed by atoms with Crippen molar-refractivity contribution in [2.75, 3.05) is 39.5 Å². The molecule has 272 valence electrons. The highest BCUT2D eigenvalue weighted by Crippen LogP contribution is 2.34. The van der Waals surface area contributed by atoms with Crippen LogP contribution in [0.25, 0.3) is 0 Å². The summed E-state index contributed by atoms with van der Waals surface area (Å²) in [6, 6.07) is 10.5. The van der Waals surface area contributed by atoms with Gasteiger partial charge in [0.2, 0.25) is 0 Å². The zero-order chi connectivity index (χ0) is 36.8. The molecule has 4 N–H and O–H groups in total. The predicted octanol–water partition coefficient (Wildman–Crippen LogP) is 5.94. The summed E-state index contributed by atoms with van der Waals surface area (Å²) in [7, 11) is -4.71. The fourth-order valence-corrected chi connectivity index (χ4v) is 10.6. The second-order valence-electron chi connectivity index (χ2n) is 12.5. The molecule has 0 bridgehead atoms. The monoisotopic (exact) mass is 718 g/mol. The fraction of sp³-hybridized carbons (Fsp3) is 0.543. The molecule has 2 aromatic rings. The lowest BCUT2D eigenvalue weighted by atomic mass is 9.76. The molecule has 49 heavy (non-hydrogen) atoms. The maximum Gasteiger partial charge on any atom is 0.336 e. The van der Waals surface area contributed by atoms with Crippen LogP contribution in [0.5, 0.6) is 0 Å². The molecule has 0 aliphatic rings. The van der Waals surface area contributed by atoms with Gasteiger partial charge in [0.1, 0.15) is 0 Å². The lowest BCUT2D eigenvalue weighted by molar-refractivity contribution is 0.0682. The van der Waals surface area contributed by atoms with Crippen LogP contribution in [0.1, 0.15) is 107 Å². The van der Waals surface area contributed by atoms with Crippen LogP contribution in [-0.2, 0) is 23.1 Å². The second kappa shape index (κ2) is 19.1. The van der Waals surface area contributed by atoms with E-state index >= 15 is 0 Å². The fourth-order valence-electron chi connectivity index (χ4n) is 5.79. The summed E-state index contributed by atoms with van der Waals surface area (Å²) in [6.45, 7) is 18.1. The first-order valence-corrected chi connectivity index (χ1v) is 22.0. The quantitative estimate of drug-likeness (QED) is 0.0845. The van der Waals surface area contributed by atoms with Crippen molar-refractivity contribution in [1.82, 2.24) is 10.6 Å². The number of hydrogen-bond acceptors (Lipinski definition) is 8. The molecule has 2 aromatic carbocycles. The number of benzene rings is 2. The second-order valence-corrected chi connectivity index (χ2v) is 19.2. The van der Waals surface area contributed by atoms with Crippen LogP contribution < -0.4 is 10.6 Å². The zero-order valence-corrected chi connectivity index (χ0v) is 32.2. The van der Waals surface area contributed by atoms with Gasteiger partial charge < -0.3 is 38.6 Å². The third kappa shape index (κ3) is 11.9. The Morgan fingerprint density at radius 3 is 1.37 bits per heavy atom. The SMILES string of the molecule is CCO[Si](C)(CCCNC(=O)c1ccc(C(C)(C)c2ccc(C(=O)O)c(C(=O)NCCC[Si](C)(OCC)OCC)c2)cc1C(=O)O)OCC. The molecule has 0 saturated heterocycles. The molecular formula is C35H54N2O10Si2. The van der Waals surface area contributed by atoms with Crippen molar-refractivity contribution in [3.63, 3.8) is 0 Å². The summed E-state index contributed by atoms with van der Waals surface area (Å²) in [5.41, 5.74) is 0.0124. The van der Waals surface area contributed by atoms with Crippen molar-refractivity contribution in [2.45, 2.75) is 85.0 Å². The number of carbonyl (C=O) groups is 4. The van der Waals surface area contributed by atoms with Gasteiger partial charge in [0.15, 0.2) is 0 Å². The lowest BCUT2D eigenvalue weighted by Gasteiger charge is -2.28. The van der Waals surface area contributed by atoms with Crippen LogP contribution in [-0.4, -0.2) is 90.6 Å². The number of carboxylic acid groups (broad SMARTS) is 2. The van der Waals surface area contributed by atoms with E-state index in [0.717, 1.165) is 0 Å². The summed E-state index contributed by atoms with van der Waals surface area (Å²) in [6.07, 6.45) is 1.22. The zero-order valence-electron chi connectivity index (χ0n) is 30.2. The van der Waals surface area contributed by atoms with E-state index in [9.17, 15) is 29.4 Å². The largest absolute Gasteiger partial charge is 0.478 e. The van der Waals surface area contributed by atoms with Crippen molar-refractivity contribution in [3.05, 3.63) is 69.8 Å². The molecule has 0 radical (unpaired) electrons. The number of nitrogens with one attached hydrogen (secondary N) is 2. The summed E-state index contributed by atoms with van der Waals surface area (Å²) >= 11 is 0. The molecule has 2 amide bonds. The van der Waals surface area contributed by atoms with Crippen molar-refractivity contribution < 1.29 is 47.1 Å². The van der Waals surface area contributed by atoms with Crippen molar-refractivity contribution in [2.24, 2.45) is 0 Å². The van der Waals surface area contributed by atoms with Crippen LogP contribution >= 0.6 is 0 Å². The summed E-state index contributed by atoms with van der Waals surface area (Å²) in [5.74, 6) is -3.54. The van der Waals surface area contributed by atoms with E-state index in [2.05, 4.69) is 10.6 Å². The van der Waals surface area contributed by atoms with E-state index in [1.54, 1.807) is 12.1 Å². The third-order valence-corrected chi connectivity index (χ3v) is 14.5. The average Bonchev–Trinajstić information content (AvgIpc) is 3.04. The molecule has 14 heteroatoms. The van der Waals surface area contributed by atoms with E-state index in [4.69, 9.17) is 17.7 Å². The first-order valence-electron chi connectivity index (χ1n) is 17.0. The summed E-state index contributed by atoms with van der Waals surface area (Å²) in [4.78, 5) is 50.8. The Hall–Kier alpha value is -3.41. The Morgan fingerprint density at radius 2 is 0.980 bits per heavy atom. The Labute approximate surface area is 292 Å². The van der Waals surface area contributed by atoms with Gasteiger partial charge in [0.25, 0.3) is 11.8 Å². The number of hydrogen-bond donors (Lipinski definition) is 4. The number of amides is 2. The minimum atomic E-state index is -2.37. The molecule has 2 rings (SSSR count). The Balaban J connectivity index is 2.27. The molecule has 0 unspecified atom stereocenters. The molecule has 0 saturated carbocycles. The van der Waals surface area contributed by atoms with Gasteiger partial charge in [-0.25, -0.2) is 9.59 Å². The van der Waals surface area contributed by atoms with Crippen LogP contribution in [0, 0.1) is 0 Å². The van der Waals surface area contributed by atoms with Crippen molar-refractivity contribution >= 4 is 40.9 Å². The third-order valence-electron chi connectivity index (χ3n) is 8.42. The summed E-state index contributed by atoms with van der Waals surface area (Å²) < 4.78 is 23.4. The Morgan fingerprint density at radius 1 is 0.612 bits per heavy atom. The predicted molar refractivity (Wildman–Crippen MR) is 192 cm³/mol. The van der Waals surface area contributed by atoms with Gasteiger partial charge in [-0.05, 0) is 101 Å². The average molecular weight is 719 g/mol. The Kier molecular flexibility index (Phi) is 16.3. The molecule has 0 aliphatic carbocycles. The first-order chi connectivity index (χ1) is 23.1. The van der Waals surface area contributed by atoms with E-state index < -0.39 is 46.3 Å². The number of aromatic carboxylic acids is 2. The van der Waals surface area contributed by atoms with E-state index in [0.29, 0.717) is 75.6 Å². The maximum absolute atomic E-state index is 13.3. The molecule has 12 nitrogen and oxygen atoms in total. The highest BCUT2D eigenvalue weighted by molar-refractivity contribution is 6.66. The lowest BCUT2D eigenvalue weighted by Crippen LogP contribution is -2.39. The van der Waals surface area contributed by atoms with Gasteiger partial charge in [-0.2, -0.15) is 0 Å². The van der Waals surface area contributed by atoms with Gasteiger partial charge >= 0.3 is 29.1 Å². The highest BCUT2D eigenvalue weighted by Gasteiger charge is 2.32. The number of rotatable bonds is 22. The van der Waals surface area contributed by atoms with Crippen LogP contribution in [0.4, 0.5) is 0 Å². The molecule has 0 aromatic heterocycles.